The molecular weight excluding hydrogens is 306 g/mol. The first kappa shape index (κ1) is 16.2. The Kier molecular flexibility index (Phi) is 5.55. The van der Waals surface area contributed by atoms with E-state index >= 15 is 0 Å². The molecule has 1 saturated heterocycles. The van der Waals surface area contributed by atoms with Crippen LogP contribution in [-0.2, 0) is 16.4 Å². The summed E-state index contributed by atoms with van der Waals surface area (Å²) in [6, 6.07) is 10.2. The highest BCUT2D eigenvalue weighted by molar-refractivity contribution is 7.88. The first-order valence-corrected chi connectivity index (χ1v) is 9.24. The Morgan fingerprint density at radius 1 is 1.19 bits per heavy atom. The minimum absolute atomic E-state index is 0.499. The molecule has 0 spiro atoms. The number of sulfonamides is 1. The van der Waals surface area contributed by atoms with Crippen molar-refractivity contribution in [3.8, 4) is 0 Å². The number of nitrogens with zero attached hydrogens (tertiary/aromatic N) is 2. The zero-order valence-electron chi connectivity index (χ0n) is 12.2. The highest BCUT2D eigenvalue weighted by atomic mass is 32.2. The van der Waals surface area contributed by atoms with Gasteiger partial charge in [0.25, 0.3) is 0 Å². The van der Waals surface area contributed by atoms with Gasteiger partial charge in [0, 0.05) is 32.7 Å². The first-order chi connectivity index (χ1) is 9.97. The van der Waals surface area contributed by atoms with Gasteiger partial charge in [0.1, 0.15) is 0 Å². The highest BCUT2D eigenvalue weighted by Gasteiger charge is 2.24. The van der Waals surface area contributed by atoms with Crippen LogP contribution in [0.4, 0.5) is 0 Å². The third-order valence-electron chi connectivity index (χ3n) is 3.53. The zero-order chi connectivity index (χ0) is 15.3. The van der Waals surface area contributed by atoms with Gasteiger partial charge in [0.2, 0.25) is 10.0 Å². The summed E-state index contributed by atoms with van der Waals surface area (Å²) in [5.74, 6) is 0. The van der Waals surface area contributed by atoms with Gasteiger partial charge in [-0.15, -0.1) is 0 Å². The average Bonchev–Trinajstić information content (AvgIpc) is 2.47. The minimum atomic E-state index is -3.08. The van der Waals surface area contributed by atoms with E-state index < -0.39 is 10.0 Å². The lowest BCUT2D eigenvalue weighted by molar-refractivity contribution is 0.265. The number of thiocarbonyl (C=S) groups is 1. The quantitative estimate of drug-likeness (QED) is 0.824. The molecule has 116 valence electrons. The Morgan fingerprint density at radius 2 is 1.81 bits per heavy atom. The second-order valence-electron chi connectivity index (χ2n) is 5.12. The molecule has 1 heterocycles. The molecule has 0 aliphatic carbocycles. The van der Waals surface area contributed by atoms with Crippen molar-refractivity contribution in [2.45, 2.75) is 6.42 Å². The minimum Gasteiger partial charge on any atom is -0.362 e. The van der Waals surface area contributed by atoms with E-state index in [1.54, 1.807) is 0 Å². The van der Waals surface area contributed by atoms with Gasteiger partial charge in [0.05, 0.1) is 6.26 Å². The van der Waals surface area contributed by atoms with Crippen LogP contribution in [0.5, 0.6) is 0 Å². The van der Waals surface area contributed by atoms with Crippen molar-refractivity contribution in [1.29, 1.82) is 0 Å². The monoisotopic (exact) mass is 327 g/mol. The SMILES string of the molecule is CS(=O)(=O)N1CCN(C(=S)NCCc2ccccc2)CC1. The molecule has 1 aliphatic heterocycles. The number of rotatable bonds is 4. The molecule has 21 heavy (non-hydrogen) atoms. The van der Waals surface area contributed by atoms with Crippen molar-refractivity contribution in [2.24, 2.45) is 0 Å². The second kappa shape index (κ2) is 7.20. The predicted molar refractivity (Wildman–Crippen MR) is 88.7 cm³/mol. The van der Waals surface area contributed by atoms with Crippen LogP contribution in [0.2, 0.25) is 0 Å². The van der Waals surface area contributed by atoms with Crippen molar-refractivity contribution in [3.63, 3.8) is 0 Å². The summed E-state index contributed by atoms with van der Waals surface area (Å²) in [5.41, 5.74) is 1.27. The molecule has 0 radical (unpaired) electrons. The fraction of sp³-hybridized carbons (Fsp3) is 0.500. The average molecular weight is 327 g/mol. The van der Waals surface area contributed by atoms with Gasteiger partial charge < -0.3 is 10.2 Å². The molecule has 0 amide bonds. The fourth-order valence-electron chi connectivity index (χ4n) is 2.29. The summed E-state index contributed by atoms with van der Waals surface area (Å²) in [7, 11) is -3.08. The van der Waals surface area contributed by atoms with Gasteiger partial charge in [-0.05, 0) is 24.2 Å². The van der Waals surface area contributed by atoms with E-state index in [-0.39, 0.29) is 0 Å². The van der Waals surface area contributed by atoms with Gasteiger partial charge in [-0.3, -0.25) is 0 Å². The van der Waals surface area contributed by atoms with Crippen molar-refractivity contribution < 1.29 is 8.42 Å². The number of benzene rings is 1. The lowest BCUT2D eigenvalue weighted by Crippen LogP contribution is -2.53. The molecule has 0 bridgehead atoms. The Balaban J connectivity index is 1.73. The van der Waals surface area contributed by atoms with Crippen molar-refractivity contribution >= 4 is 27.4 Å². The molecule has 1 aromatic rings. The number of nitrogens with one attached hydrogen (secondary N) is 1. The van der Waals surface area contributed by atoms with Gasteiger partial charge in [-0.2, -0.15) is 4.31 Å². The Labute approximate surface area is 132 Å². The van der Waals surface area contributed by atoms with E-state index in [0.717, 1.165) is 13.0 Å². The van der Waals surface area contributed by atoms with Crippen LogP contribution in [0.15, 0.2) is 30.3 Å². The third-order valence-corrected chi connectivity index (χ3v) is 5.23. The summed E-state index contributed by atoms with van der Waals surface area (Å²) < 4.78 is 24.4. The smallest absolute Gasteiger partial charge is 0.211 e. The van der Waals surface area contributed by atoms with Gasteiger partial charge in [0.15, 0.2) is 5.11 Å². The molecule has 0 atom stereocenters. The second-order valence-corrected chi connectivity index (χ2v) is 7.49. The zero-order valence-corrected chi connectivity index (χ0v) is 13.8. The van der Waals surface area contributed by atoms with E-state index in [1.807, 2.05) is 23.1 Å². The topological polar surface area (TPSA) is 52.7 Å². The number of hydrogen-bond acceptors (Lipinski definition) is 3. The summed E-state index contributed by atoms with van der Waals surface area (Å²) in [5, 5.41) is 3.95. The van der Waals surface area contributed by atoms with E-state index in [9.17, 15) is 8.42 Å². The van der Waals surface area contributed by atoms with Crippen LogP contribution >= 0.6 is 12.2 Å². The standard InChI is InChI=1S/C14H21N3O2S2/c1-21(18,19)17-11-9-16(10-12-17)14(20)15-8-7-13-5-3-2-4-6-13/h2-6H,7-12H2,1H3,(H,15,20). The maximum Gasteiger partial charge on any atom is 0.211 e. The maximum absolute atomic E-state index is 11.5. The maximum atomic E-state index is 11.5. The predicted octanol–water partition coefficient (Wildman–Crippen LogP) is 0.681. The summed E-state index contributed by atoms with van der Waals surface area (Å²) in [6.45, 7) is 3.07. The third kappa shape index (κ3) is 4.94. The van der Waals surface area contributed by atoms with Crippen LogP contribution < -0.4 is 5.32 Å². The molecule has 7 heteroatoms. The van der Waals surface area contributed by atoms with Crippen molar-refractivity contribution in [1.82, 2.24) is 14.5 Å². The lowest BCUT2D eigenvalue weighted by Gasteiger charge is -2.34. The molecule has 1 fully saturated rings. The van der Waals surface area contributed by atoms with Crippen LogP contribution in [0.25, 0.3) is 0 Å². The van der Waals surface area contributed by atoms with Gasteiger partial charge in [-0.1, -0.05) is 30.3 Å². The Hall–Kier alpha value is -1.18. The molecule has 0 aromatic heterocycles. The number of hydrogen-bond donors (Lipinski definition) is 1. The Bertz CT molecular complexity index is 567. The van der Waals surface area contributed by atoms with E-state index in [4.69, 9.17) is 12.2 Å². The lowest BCUT2D eigenvalue weighted by atomic mass is 10.1. The van der Waals surface area contributed by atoms with Crippen LogP contribution in [0.3, 0.4) is 0 Å². The highest BCUT2D eigenvalue weighted by Crippen LogP contribution is 2.06. The van der Waals surface area contributed by atoms with Gasteiger partial charge >= 0.3 is 0 Å². The molecular formula is C14H21N3O2S2. The van der Waals surface area contributed by atoms with E-state index in [0.29, 0.717) is 31.3 Å². The number of piperazine rings is 1. The molecule has 1 aliphatic rings. The molecule has 2 rings (SSSR count). The molecule has 1 N–H and O–H groups in total. The van der Waals surface area contributed by atoms with Crippen LogP contribution in [0.1, 0.15) is 5.56 Å². The summed E-state index contributed by atoms with van der Waals surface area (Å²) in [4.78, 5) is 2.03. The molecule has 1 aromatic carbocycles. The van der Waals surface area contributed by atoms with Crippen molar-refractivity contribution in [3.05, 3.63) is 35.9 Å². The van der Waals surface area contributed by atoms with E-state index in [2.05, 4.69) is 17.4 Å². The molecule has 0 saturated carbocycles. The van der Waals surface area contributed by atoms with E-state index in [1.165, 1.54) is 16.1 Å². The molecule has 5 nitrogen and oxygen atoms in total. The molecule has 0 unspecified atom stereocenters. The summed E-state index contributed by atoms with van der Waals surface area (Å²) in [6.07, 6.45) is 2.17. The van der Waals surface area contributed by atoms with Crippen LogP contribution in [-0.4, -0.2) is 61.7 Å². The summed E-state index contributed by atoms with van der Waals surface area (Å²) >= 11 is 5.37. The van der Waals surface area contributed by atoms with Crippen LogP contribution in [0, 0.1) is 0 Å². The van der Waals surface area contributed by atoms with Gasteiger partial charge in [-0.25, -0.2) is 8.42 Å². The fourth-order valence-corrected chi connectivity index (χ4v) is 3.40. The Morgan fingerprint density at radius 3 is 2.38 bits per heavy atom. The largest absolute Gasteiger partial charge is 0.362 e. The normalized spacial score (nSPS) is 16.7. The first-order valence-electron chi connectivity index (χ1n) is 6.98. The van der Waals surface area contributed by atoms with Crippen molar-refractivity contribution in [2.75, 3.05) is 39.0 Å².